The first-order valence-electron chi connectivity index (χ1n) is 7.61. The third-order valence-electron chi connectivity index (χ3n) is 4.69. The number of benzene rings is 1. The van der Waals surface area contributed by atoms with Crippen molar-refractivity contribution in [2.24, 2.45) is 5.92 Å². The third-order valence-corrected chi connectivity index (χ3v) is 4.69. The van der Waals surface area contributed by atoms with Crippen LogP contribution in [-0.4, -0.2) is 12.6 Å². The smallest absolute Gasteiger partial charge is 0.306 e. The van der Waals surface area contributed by atoms with Gasteiger partial charge in [-0.2, -0.15) is 0 Å². The molecule has 3 nitrogen and oxygen atoms in total. The lowest BCUT2D eigenvalue weighted by molar-refractivity contribution is -0.145. The van der Waals surface area contributed by atoms with Crippen molar-refractivity contribution in [3.63, 3.8) is 0 Å². The second kappa shape index (κ2) is 5.57. The Morgan fingerprint density at radius 2 is 2.10 bits per heavy atom. The van der Waals surface area contributed by atoms with Gasteiger partial charge < -0.3 is 9.47 Å². The Labute approximate surface area is 120 Å². The molecular formula is C17H22O3. The van der Waals surface area contributed by atoms with Crippen LogP contribution in [0.3, 0.4) is 0 Å². The second-order valence-corrected chi connectivity index (χ2v) is 5.89. The Morgan fingerprint density at radius 3 is 2.85 bits per heavy atom. The molecule has 0 bridgehead atoms. The molecule has 3 rings (SSSR count). The summed E-state index contributed by atoms with van der Waals surface area (Å²) in [4.78, 5) is 11.6. The van der Waals surface area contributed by atoms with E-state index in [1.165, 1.54) is 11.1 Å². The van der Waals surface area contributed by atoms with E-state index in [2.05, 4.69) is 24.3 Å². The molecule has 1 spiro atoms. The number of carbonyl (C=O) groups excluding carboxylic acids is 1. The number of rotatable bonds is 3. The molecule has 0 aromatic heterocycles. The number of ether oxygens (including phenoxy) is 2. The molecule has 1 aromatic carbocycles. The van der Waals surface area contributed by atoms with E-state index >= 15 is 0 Å². The second-order valence-electron chi connectivity index (χ2n) is 5.89. The van der Waals surface area contributed by atoms with Crippen molar-refractivity contribution in [2.45, 2.75) is 51.2 Å². The van der Waals surface area contributed by atoms with Gasteiger partial charge in [0.25, 0.3) is 0 Å². The highest BCUT2D eigenvalue weighted by Gasteiger charge is 2.42. The van der Waals surface area contributed by atoms with Gasteiger partial charge in [0.2, 0.25) is 0 Å². The molecule has 1 aliphatic heterocycles. The number of hydrogen-bond donors (Lipinski definition) is 0. The van der Waals surface area contributed by atoms with Gasteiger partial charge in [0.15, 0.2) is 0 Å². The lowest BCUT2D eigenvalue weighted by Gasteiger charge is -2.37. The van der Waals surface area contributed by atoms with Gasteiger partial charge in [-0.05, 0) is 49.7 Å². The van der Waals surface area contributed by atoms with Crippen LogP contribution in [0, 0.1) is 5.92 Å². The van der Waals surface area contributed by atoms with Crippen molar-refractivity contribution in [1.82, 2.24) is 0 Å². The van der Waals surface area contributed by atoms with Crippen LogP contribution in [0.2, 0.25) is 0 Å². The predicted molar refractivity (Wildman–Crippen MR) is 76.1 cm³/mol. The fraction of sp³-hybridized carbons (Fsp3) is 0.588. The van der Waals surface area contributed by atoms with E-state index in [1.807, 2.05) is 6.92 Å². The van der Waals surface area contributed by atoms with Crippen LogP contribution in [-0.2, 0) is 26.5 Å². The number of hydrogen-bond acceptors (Lipinski definition) is 3. The summed E-state index contributed by atoms with van der Waals surface area (Å²) < 4.78 is 11.2. The monoisotopic (exact) mass is 274 g/mol. The van der Waals surface area contributed by atoms with E-state index in [-0.39, 0.29) is 11.6 Å². The first-order chi connectivity index (χ1) is 9.73. The molecule has 0 N–H and O–H groups in total. The molecular weight excluding hydrogens is 252 g/mol. The molecule has 0 unspecified atom stereocenters. The summed E-state index contributed by atoms with van der Waals surface area (Å²) in [6, 6.07) is 8.54. The quantitative estimate of drug-likeness (QED) is 0.791. The Morgan fingerprint density at radius 1 is 1.35 bits per heavy atom. The normalized spacial score (nSPS) is 28.4. The van der Waals surface area contributed by atoms with Gasteiger partial charge in [0.1, 0.15) is 0 Å². The van der Waals surface area contributed by atoms with Gasteiger partial charge in [0, 0.05) is 6.42 Å². The van der Waals surface area contributed by atoms with Crippen molar-refractivity contribution in [3.8, 4) is 0 Å². The SMILES string of the molecule is CCOC(=O)C[C@H]1CC[C@]2(CC1)OCc1ccccc12. The molecule has 1 fully saturated rings. The first kappa shape index (κ1) is 13.6. The van der Waals surface area contributed by atoms with Gasteiger partial charge in [-0.3, -0.25) is 4.79 Å². The number of esters is 1. The molecule has 0 radical (unpaired) electrons. The maximum Gasteiger partial charge on any atom is 0.306 e. The Hall–Kier alpha value is -1.35. The summed E-state index contributed by atoms with van der Waals surface area (Å²) in [5, 5.41) is 0. The van der Waals surface area contributed by atoms with E-state index in [9.17, 15) is 4.79 Å². The molecule has 3 heteroatoms. The summed E-state index contributed by atoms with van der Waals surface area (Å²) in [5.41, 5.74) is 2.62. The number of fused-ring (bicyclic) bond motifs is 2. The van der Waals surface area contributed by atoms with E-state index in [1.54, 1.807) is 0 Å². The van der Waals surface area contributed by atoms with Crippen molar-refractivity contribution in [1.29, 1.82) is 0 Å². The lowest BCUT2D eigenvalue weighted by atomic mass is 9.74. The fourth-order valence-electron chi connectivity index (χ4n) is 3.60. The van der Waals surface area contributed by atoms with Crippen LogP contribution in [0.1, 0.15) is 50.2 Å². The van der Waals surface area contributed by atoms with Crippen LogP contribution in [0.5, 0.6) is 0 Å². The van der Waals surface area contributed by atoms with Crippen LogP contribution in [0.15, 0.2) is 24.3 Å². The van der Waals surface area contributed by atoms with Crippen molar-refractivity contribution < 1.29 is 14.3 Å². The molecule has 1 saturated carbocycles. The molecule has 2 aliphatic rings. The van der Waals surface area contributed by atoms with E-state index in [4.69, 9.17) is 9.47 Å². The summed E-state index contributed by atoms with van der Waals surface area (Å²) in [5.74, 6) is 0.400. The Bertz CT molecular complexity index is 487. The summed E-state index contributed by atoms with van der Waals surface area (Å²) >= 11 is 0. The minimum atomic E-state index is -0.0816. The molecule has 0 atom stereocenters. The average Bonchev–Trinajstić information content (AvgIpc) is 2.82. The highest BCUT2D eigenvalue weighted by Crippen LogP contribution is 2.48. The molecule has 0 saturated heterocycles. The zero-order valence-corrected chi connectivity index (χ0v) is 12.1. The van der Waals surface area contributed by atoms with Gasteiger partial charge in [-0.15, -0.1) is 0 Å². The molecule has 1 heterocycles. The van der Waals surface area contributed by atoms with Crippen molar-refractivity contribution >= 4 is 5.97 Å². The fourth-order valence-corrected chi connectivity index (χ4v) is 3.60. The minimum Gasteiger partial charge on any atom is -0.466 e. The van der Waals surface area contributed by atoms with E-state index < -0.39 is 0 Å². The van der Waals surface area contributed by atoms with E-state index in [0.29, 0.717) is 18.9 Å². The summed E-state index contributed by atoms with van der Waals surface area (Å²) in [7, 11) is 0. The number of carbonyl (C=O) groups is 1. The predicted octanol–water partition coefficient (Wildman–Crippen LogP) is 3.56. The van der Waals surface area contributed by atoms with Crippen LogP contribution in [0.4, 0.5) is 0 Å². The molecule has 1 aromatic rings. The first-order valence-corrected chi connectivity index (χ1v) is 7.61. The minimum absolute atomic E-state index is 0.0545. The zero-order chi connectivity index (χ0) is 14.0. The topological polar surface area (TPSA) is 35.5 Å². The third kappa shape index (κ3) is 2.47. The van der Waals surface area contributed by atoms with Crippen LogP contribution < -0.4 is 0 Å². The molecule has 20 heavy (non-hydrogen) atoms. The zero-order valence-electron chi connectivity index (χ0n) is 12.1. The largest absolute Gasteiger partial charge is 0.466 e. The van der Waals surface area contributed by atoms with Crippen LogP contribution >= 0.6 is 0 Å². The molecule has 108 valence electrons. The average molecular weight is 274 g/mol. The van der Waals surface area contributed by atoms with Crippen LogP contribution in [0.25, 0.3) is 0 Å². The maximum absolute atomic E-state index is 11.6. The van der Waals surface area contributed by atoms with Gasteiger partial charge in [-0.1, -0.05) is 24.3 Å². The Kier molecular flexibility index (Phi) is 3.79. The summed E-state index contributed by atoms with van der Waals surface area (Å²) in [6.45, 7) is 3.07. The van der Waals surface area contributed by atoms with Crippen molar-refractivity contribution in [2.75, 3.05) is 6.61 Å². The molecule has 1 aliphatic carbocycles. The van der Waals surface area contributed by atoms with Crippen molar-refractivity contribution in [3.05, 3.63) is 35.4 Å². The molecule has 0 amide bonds. The van der Waals surface area contributed by atoms with Gasteiger partial charge >= 0.3 is 5.97 Å². The maximum atomic E-state index is 11.6. The van der Waals surface area contributed by atoms with E-state index in [0.717, 1.165) is 32.3 Å². The lowest BCUT2D eigenvalue weighted by Crippen LogP contribution is -2.32. The highest BCUT2D eigenvalue weighted by atomic mass is 16.5. The Balaban J connectivity index is 1.63. The van der Waals surface area contributed by atoms with Gasteiger partial charge in [-0.25, -0.2) is 0 Å². The standard InChI is InChI=1S/C17H22O3/c1-2-19-16(18)11-13-7-9-17(10-8-13)15-6-4-3-5-14(15)12-20-17/h3-6,13H,2,7-12H2,1H3/t13-,17+. The summed E-state index contributed by atoms with van der Waals surface area (Å²) in [6.07, 6.45) is 4.70. The van der Waals surface area contributed by atoms with Gasteiger partial charge in [0.05, 0.1) is 18.8 Å². The highest BCUT2D eigenvalue weighted by molar-refractivity contribution is 5.69.